The lowest BCUT2D eigenvalue weighted by Gasteiger charge is -2.10. The maximum atomic E-state index is 12.7. The molecule has 0 fully saturated rings. The van der Waals surface area contributed by atoms with Gasteiger partial charge in [0.2, 0.25) is 10.0 Å². The van der Waals surface area contributed by atoms with Crippen LogP contribution in [-0.2, 0) is 22.6 Å². The lowest BCUT2D eigenvalue weighted by atomic mass is 10.0. The molecule has 3 rings (SSSR count). The highest BCUT2D eigenvalue weighted by Gasteiger charge is 2.29. The zero-order valence-electron chi connectivity index (χ0n) is 15.7. The molecule has 158 valence electrons. The van der Waals surface area contributed by atoms with Crippen molar-refractivity contribution in [2.45, 2.75) is 17.5 Å². The molecular weight excluding hydrogens is 433 g/mol. The van der Waals surface area contributed by atoms with Gasteiger partial charge in [-0.3, -0.25) is 0 Å². The van der Waals surface area contributed by atoms with E-state index in [1.54, 1.807) is 18.2 Å². The molecule has 0 saturated carbocycles. The fourth-order valence-corrected chi connectivity index (χ4v) is 4.34. The number of hydrogen-bond donors (Lipinski definition) is 2. The largest absolute Gasteiger partial charge is 0.416 e. The van der Waals surface area contributed by atoms with Gasteiger partial charge in [-0.1, -0.05) is 60.5 Å². The van der Waals surface area contributed by atoms with E-state index in [0.29, 0.717) is 17.0 Å². The average Bonchev–Trinajstić information content (AvgIpc) is 2.71. The molecular formula is C21H19F3N2O2S2. The Morgan fingerprint density at radius 2 is 1.43 bits per heavy atom. The Morgan fingerprint density at radius 1 is 0.867 bits per heavy atom. The minimum Gasteiger partial charge on any atom is -0.329 e. The summed E-state index contributed by atoms with van der Waals surface area (Å²) in [6.07, 6.45) is -3.62. The molecule has 0 aliphatic rings. The van der Waals surface area contributed by atoms with Crippen LogP contribution in [0.25, 0.3) is 11.1 Å². The molecule has 0 saturated heterocycles. The lowest BCUT2D eigenvalue weighted by molar-refractivity contribution is -0.137. The molecule has 0 spiro atoms. The van der Waals surface area contributed by atoms with Crippen molar-refractivity contribution < 1.29 is 21.6 Å². The molecule has 0 aliphatic heterocycles. The van der Waals surface area contributed by atoms with E-state index in [1.807, 2.05) is 24.3 Å². The number of para-hydroxylation sites is 1. The van der Waals surface area contributed by atoms with Gasteiger partial charge < -0.3 is 4.72 Å². The number of benzene rings is 3. The highest BCUT2D eigenvalue weighted by atomic mass is 32.2. The number of nitrogens with two attached hydrogens (primary N) is 1. The first-order valence-corrected chi connectivity index (χ1v) is 11.4. The lowest BCUT2D eigenvalue weighted by Crippen LogP contribution is -2.13. The van der Waals surface area contributed by atoms with Crippen LogP contribution in [0.1, 0.15) is 11.1 Å². The molecule has 0 heterocycles. The van der Waals surface area contributed by atoms with Gasteiger partial charge in [-0.2, -0.15) is 13.2 Å². The first-order chi connectivity index (χ1) is 14.1. The summed E-state index contributed by atoms with van der Waals surface area (Å²) in [5, 5.41) is 5.21. The molecule has 3 aromatic rings. The summed E-state index contributed by atoms with van der Waals surface area (Å²) < 4.78 is 64.2. The predicted molar refractivity (Wildman–Crippen MR) is 114 cm³/mol. The third-order valence-corrected chi connectivity index (χ3v) is 6.11. The monoisotopic (exact) mass is 452 g/mol. The van der Waals surface area contributed by atoms with Gasteiger partial charge in [-0.25, -0.2) is 13.6 Å². The molecule has 0 aliphatic carbocycles. The van der Waals surface area contributed by atoms with Gasteiger partial charge in [0.25, 0.3) is 0 Å². The standard InChI is InChI=1S/C21H19F3N2O2S2/c22-21(23,24)18-11-9-17(10-12-18)16-7-5-15(6-8-16)13-14-29-26-19-3-1-2-4-20(19)30(25,27)28/h1-12,26H,13-14H2,(H2,25,27,28). The normalized spacial score (nSPS) is 12.0. The van der Waals surface area contributed by atoms with Crippen LogP contribution in [0, 0.1) is 0 Å². The molecule has 0 aromatic heterocycles. The van der Waals surface area contributed by atoms with Crippen LogP contribution in [0.15, 0.2) is 77.7 Å². The van der Waals surface area contributed by atoms with Gasteiger partial charge >= 0.3 is 6.18 Å². The molecule has 0 unspecified atom stereocenters. The van der Waals surface area contributed by atoms with E-state index >= 15 is 0 Å². The van der Waals surface area contributed by atoms with E-state index in [9.17, 15) is 21.6 Å². The zero-order chi connectivity index (χ0) is 21.8. The summed E-state index contributed by atoms with van der Waals surface area (Å²) in [7, 11) is -3.80. The number of sulfonamides is 1. The van der Waals surface area contributed by atoms with Crippen LogP contribution in [0.4, 0.5) is 18.9 Å². The number of aryl methyl sites for hydroxylation is 1. The zero-order valence-corrected chi connectivity index (χ0v) is 17.3. The van der Waals surface area contributed by atoms with Gasteiger partial charge in [0, 0.05) is 5.75 Å². The molecule has 3 N–H and O–H groups in total. The molecule has 4 nitrogen and oxygen atoms in total. The summed E-state index contributed by atoms with van der Waals surface area (Å²) in [5.41, 5.74) is 2.37. The van der Waals surface area contributed by atoms with E-state index in [-0.39, 0.29) is 4.90 Å². The number of halogens is 3. The molecule has 0 bridgehead atoms. The second kappa shape index (κ2) is 9.11. The maximum absolute atomic E-state index is 12.7. The summed E-state index contributed by atoms with van der Waals surface area (Å²) in [6, 6.07) is 19.1. The SMILES string of the molecule is NS(=O)(=O)c1ccccc1NSCCc1ccc(-c2ccc(C(F)(F)F)cc2)cc1. The second-order valence-corrected chi connectivity index (χ2v) is 8.94. The second-order valence-electron chi connectivity index (χ2n) is 6.51. The Balaban J connectivity index is 1.56. The van der Waals surface area contributed by atoms with Crippen LogP contribution in [0.5, 0.6) is 0 Å². The third-order valence-electron chi connectivity index (χ3n) is 4.37. The van der Waals surface area contributed by atoms with Crippen molar-refractivity contribution >= 4 is 27.7 Å². The Labute approximate surface area is 177 Å². The van der Waals surface area contributed by atoms with Crippen LogP contribution >= 0.6 is 11.9 Å². The maximum Gasteiger partial charge on any atom is 0.416 e. The fourth-order valence-electron chi connectivity index (χ4n) is 2.81. The van der Waals surface area contributed by atoms with E-state index < -0.39 is 21.8 Å². The summed E-state index contributed by atoms with van der Waals surface area (Å²) in [6.45, 7) is 0. The van der Waals surface area contributed by atoms with E-state index in [1.165, 1.54) is 30.1 Å². The topological polar surface area (TPSA) is 72.2 Å². The average molecular weight is 453 g/mol. The van der Waals surface area contributed by atoms with Crippen LogP contribution in [-0.4, -0.2) is 14.2 Å². The highest BCUT2D eigenvalue weighted by Crippen LogP contribution is 2.31. The molecule has 3 aromatic carbocycles. The van der Waals surface area contributed by atoms with Crippen molar-refractivity contribution in [2.75, 3.05) is 10.5 Å². The summed E-state index contributed by atoms with van der Waals surface area (Å²) >= 11 is 1.36. The number of nitrogens with one attached hydrogen (secondary N) is 1. The Bertz CT molecular complexity index is 1100. The molecule has 9 heteroatoms. The first-order valence-electron chi connectivity index (χ1n) is 8.91. The van der Waals surface area contributed by atoms with Crippen molar-refractivity contribution in [1.29, 1.82) is 0 Å². The van der Waals surface area contributed by atoms with Crippen LogP contribution < -0.4 is 9.86 Å². The number of rotatable bonds is 7. The van der Waals surface area contributed by atoms with Gasteiger partial charge in [0.1, 0.15) is 4.90 Å². The van der Waals surface area contributed by atoms with Crippen LogP contribution in [0.3, 0.4) is 0 Å². The van der Waals surface area contributed by atoms with E-state index in [4.69, 9.17) is 5.14 Å². The van der Waals surface area contributed by atoms with Crippen molar-refractivity contribution in [3.63, 3.8) is 0 Å². The molecule has 0 atom stereocenters. The van der Waals surface area contributed by atoms with E-state index in [2.05, 4.69) is 4.72 Å². The quantitative estimate of drug-likeness (QED) is 0.376. The number of alkyl halides is 3. The third kappa shape index (κ3) is 5.78. The number of hydrogen-bond acceptors (Lipinski definition) is 4. The summed E-state index contributed by atoms with van der Waals surface area (Å²) in [4.78, 5) is 0.0402. The van der Waals surface area contributed by atoms with Gasteiger partial charge in [-0.15, -0.1) is 0 Å². The molecule has 0 radical (unpaired) electrons. The van der Waals surface area contributed by atoms with Crippen molar-refractivity contribution in [2.24, 2.45) is 5.14 Å². The number of anilines is 1. The van der Waals surface area contributed by atoms with Gasteiger partial charge in [0.15, 0.2) is 0 Å². The number of primary sulfonamides is 1. The minimum atomic E-state index is -4.34. The van der Waals surface area contributed by atoms with Crippen molar-refractivity contribution in [1.82, 2.24) is 0 Å². The molecule has 30 heavy (non-hydrogen) atoms. The van der Waals surface area contributed by atoms with E-state index in [0.717, 1.165) is 29.7 Å². The van der Waals surface area contributed by atoms with Crippen molar-refractivity contribution in [3.8, 4) is 11.1 Å². The minimum absolute atomic E-state index is 0.0402. The Kier molecular flexibility index (Phi) is 6.74. The Hall–Kier alpha value is -2.49. The predicted octanol–water partition coefficient (Wildman–Crippen LogP) is 5.32. The van der Waals surface area contributed by atoms with Crippen LogP contribution in [0.2, 0.25) is 0 Å². The highest BCUT2D eigenvalue weighted by molar-refractivity contribution is 8.00. The Morgan fingerprint density at radius 3 is 2.00 bits per heavy atom. The fraction of sp³-hybridized carbons (Fsp3) is 0.143. The van der Waals surface area contributed by atoms with Gasteiger partial charge in [0.05, 0.1) is 11.3 Å². The van der Waals surface area contributed by atoms with Gasteiger partial charge in [-0.05, 0) is 47.4 Å². The smallest absolute Gasteiger partial charge is 0.329 e. The first kappa shape index (κ1) is 22.2. The van der Waals surface area contributed by atoms with Crippen molar-refractivity contribution in [3.05, 3.63) is 83.9 Å². The molecule has 0 amide bonds. The summed E-state index contributed by atoms with van der Waals surface area (Å²) in [5.74, 6) is 0.679.